The van der Waals surface area contributed by atoms with E-state index < -0.39 is 12.7 Å². The highest BCUT2D eigenvalue weighted by molar-refractivity contribution is 7.09. The standard InChI is InChI=1S/C20H24F3N7OS/c21-20(22,23)12-30-13-25-16-18(29-5-7-31-8-6-29)26-17(27-19(16)30)14-2-1-4-28(10-14)11-15-24-3-9-32-15/h3,9,13-14H,1-2,4-8,10-12H2. The molecule has 5 heterocycles. The van der Waals surface area contributed by atoms with Crippen molar-refractivity contribution in [1.29, 1.82) is 0 Å². The molecular formula is C20H24F3N7OS. The van der Waals surface area contributed by atoms with Gasteiger partial charge in [0.15, 0.2) is 17.0 Å². The van der Waals surface area contributed by atoms with Crippen LogP contribution in [0.4, 0.5) is 19.0 Å². The smallest absolute Gasteiger partial charge is 0.378 e. The van der Waals surface area contributed by atoms with Gasteiger partial charge >= 0.3 is 6.18 Å². The second kappa shape index (κ2) is 8.91. The fraction of sp³-hybridized carbons (Fsp3) is 0.600. The monoisotopic (exact) mass is 467 g/mol. The number of fused-ring (bicyclic) bond motifs is 1. The Morgan fingerprint density at radius 1 is 1.12 bits per heavy atom. The second-order valence-electron chi connectivity index (χ2n) is 8.16. The van der Waals surface area contributed by atoms with Crippen molar-refractivity contribution in [3.8, 4) is 0 Å². The molecule has 8 nitrogen and oxygen atoms in total. The maximum atomic E-state index is 13.2. The van der Waals surface area contributed by atoms with Gasteiger partial charge in [0.05, 0.1) is 26.1 Å². The minimum atomic E-state index is -4.35. The van der Waals surface area contributed by atoms with Gasteiger partial charge in [0, 0.05) is 37.1 Å². The van der Waals surface area contributed by atoms with Crippen molar-refractivity contribution in [2.24, 2.45) is 0 Å². The molecule has 172 valence electrons. The van der Waals surface area contributed by atoms with Crippen molar-refractivity contribution >= 4 is 28.3 Å². The third-order valence-electron chi connectivity index (χ3n) is 5.84. The molecule has 0 N–H and O–H groups in total. The first-order valence-electron chi connectivity index (χ1n) is 10.7. The lowest BCUT2D eigenvalue weighted by Crippen LogP contribution is -2.38. The van der Waals surface area contributed by atoms with Crippen LogP contribution in [0.25, 0.3) is 11.2 Å². The van der Waals surface area contributed by atoms with E-state index >= 15 is 0 Å². The molecule has 1 atom stereocenters. The highest BCUT2D eigenvalue weighted by Gasteiger charge is 2.31. The molecule has 0 bridgehead atoms. The van der Waals surface area contributed by atoms with Crippen LogP contribution in [0.15, 0.2) is 17.9 Å². The molecule has 2 fully saturated rings. The van der Waals surface area contributed by atoms with Gasteiger partial charge < -0.3 is 14.2 Å². The molecule has 12 heteroatoms. The highest BCUT2D eigenvalue weighted by Crippen LogP contribution is 2.31. The normalized spacial score (nSPS) is 20.8. The van der Waals surface area contributed by atoms with Gasteiger partial charge in [0.1, 0.15) is 17.4 Å². The van der Waals surface area contributed by atoms with E-state index in [-0.39, 0.29) is 11.6 Å². The number of ether oxygens (including phenoxy) is 1. The van der Waals surface area contributed by atoms with E-state index in [4.69, 9.17) is 9.72 Å². The molecule has 0 spiro atoms. The molecular weight excluding hydrogens is 443 g/mol. The Labute approximate surface area is 187 Å². The van der Waals surface area contributed by atoms with E-state index in [1.807, 2.05) is 10.3 Å². The number of nitrogens with zero attached hydrogens (tertiary/aromatic N) is 7. The Balaban J connectivity index is 1.49. The molecule has 2 saturated heterocycles. The van der Waals surface area contributed by atoms with E-state index in [0.29, 0.717) is 43.5 Å². The molecule has 5 rings (SSSR count). The Morgan fingerprint density at radius 3 is 2.72 bits per heavy atom. The molecule has 2 aliphatic rings. The van der Waals surface area contributed by atoms with Crippen LogP contribution >= 0.6 is 11.3 Å². The summed E-state index contributed by atoms with van der Waals surface area (Å²) >= 11 is 1.62. The zero-order valence-corrected chi connectivity index (χ0v) is 18.3. The first kappa shape index (κ1) is 21.5. The Morgan fingerprint density at radius 2 is 1.97 bits per heavy atom. The number of piperidine rings is 1. The molecule has 0 radical (unpaired) electrons. The number of halogens is 3. The summed E-state index contributed by atoms with van der Waals surface area (Å²) < 4.78 is 46.0. The molecule has 0 amide bonds. The number of anilines is 1. The third kappa shape index (κ3) is 4.71. The summed E-state index contributed by atoms with van der Waals surface area (Å²) in [4.78, 5) is 22.5. The van der Waals surface area contributed by atoms with Crippen molar-refractivity contribution in [2.75, 3.05) is 44.3 Å². The average Bonchev–Trinajstić information content (AvgIpc) is 3.43. The first-order valence-corrected chi connectivity index (χ1v) is 11.6. The molecule has 1 unspecified atom stereocenters. The number of morpholine rings is 1. The summed E-state index contributed by atoms with van der Waals surface area (Å²) in [5, 5.41) is 3.02. The van der Waals surface area contributed by atoms with Crippen LogP contribution in [0.3, 0.4) is 0 Å². The van der Waals surface area contributed by atoms with Gasteiger partial charge in [-0.2, -0.15) is 13.2 Å². The van der Waals surface area contributed by atoms with Crippen molar-refractivity contribution in [3.05, 3.63) is 28.7 Å². The van der Waals surface area contributed by atoms with Gasteiger partial charge in [0.25, 0.3) is 0 Å². The maximum absolute atomic E-state index is 13.2. The largest absolute Gasteiger partial charge is 0.406 e. The summed E-state index contributed by atoms with van der Waals surface area (Å²) in [6.45, 7) is 3.70. The zero-order chi connectivity index (χ0) is 22.1. The van der Waals surface area contributed by atoms with Gasteiger partial charge in [-0.3, -0.25) is 4.90 Å². The quantitative estimate of drug-likeness (QED) is 0.571. The minimum absolute atomic E-state index is 0.0436. The van der Waals surface area contributed by atoms with Crippen LogP contribution in [-0.2, 0) is 17.8 Å². The number of aromatic nitrogens is 5. The third-order valence-corrected chi connectivity index (χ3v) is 6.60. The van der Waals surface area contributed by atoms with Crippen LogP contribution < -0.4 is 4.90 Å². The van der Waals surface area contributed by atoms with E-state index in [1.165, 1.54) is 6.33 Å². The van der Waals surface area contributed by atoms with Gasteiger partial charge in [-0.25, -0.2) is 19.9 Å². The number of hydrogen-bond acceptors (Lipinski definition) is 8. The lowest BCUT2D eigenvalue weighted by atomic mass is 9.97. The summed E-state index contributed by atoms with van der Waals surface area (Å²) in [5.74, 6) is 1.24. The Bertz CT molecular complexity index is 1050. The van der Waals surface area contributed by atoms with E-state index in [0.717, 1.165) is 42.1 Å². The van der Waals surface area contributed by atoms with E-state index in [1.54, 1.807) is 17.5 Å². The molecule has 0 saturated carbocycles. The van der Waals surface area contributed by atoms with Gasteiger partial charge in [-0.1, -0.05) is 0 Å². The summed E-state index contributed by atoms with van der Waals surface area (Å²) in [5.41, 5.74) is 0.654. The minimum Gasteiger partial charge on any atom is -0.378 e. The van der Waals surface area contributed by atoms with Crippen LogP contribution in [-0.4, -0.2) is 75.0 Å². The van der Waals surface area contributed by atoms with Crippen LogP contribution in [0, 0.1) is 0 Å². The fourth-order valence-electron chi connectivity index (χ4n) is 4.37. The Hall–Kier alpha value is -2.31. The van der Waals surface area contributed by atoms with E-state index in [9.17, 15) is 13.2 Å². The number of likely N-dealkylation sites (tertiary alicyclic amines) is 1. The molecule has 2 aliphatic heterocycles. The highest BCUT2D eigenvalue weighted by atomic mass is 32.1. The fourth-order valence-corrected chi connectivity index (χ4v) is 5.02. The number of alkyl halides is 3. The van der Waals surface area contributed by atoms with Crippen molar-refractivity contribution in [2.45, 2.75) is 38.0 Å². The average molecular weight is 468 g/mol. The predicted molar refractivity (Wildman–Crippen MR) is 114 cm³/mol. The SMILES string of the molecule is FC(F)(F)Cn1cnc2c(N3CCOCC3)nc(C3CCCN(Cc4nccs4)C3)nc21. The number of imidazole rings is 1. The molecule has 0 aliphatic carbocycles. The topological polar surface area (TPSA) is 72.2 Å². The molecule has 32 heavy (non-hydrogen) atoms. The lowest BCUT2D eigenvalue weighted by Gasteiger charge is -2.32. The molecule has 0 aromatic carbocycles. The Kier molecular flexibility index (Phi) is 5.99. The van der Waals surface area contributed by atoms with E-state index in [2.05, 4.69) is 19.9 Å². The van der Waals surface area contributed by atoms with Gasteiger partial charge in [0.2, 0.25) is 0 Å². The molecule has 3 aromatic heterocycles. The summed E-state index contributed by atoms with van der Waals surface area (Å²) in [6, 6.07) is 0. The number of rotatable bonds is 5. The van der Waals surface area contributed by atoms with Gasteiger partial charge in [-0.05, 0) is 19.4 Å². The van der Waals surface area contributed by atoms with Gasteiger partial charge in [-0.15, -0.1) is 11.3 Å². The van der Waals surface area contributed by atoms with Crippen molar-refractivity contribution < 1.29 is 17.9 Å². The van der Waals surface area contributed by atoms with Crippen LogP contribution in [0.1, 0.15) is 29.6 Å². The summed E-state index contributed by atoms with van der Waals surface area (Å²) in [6.07, 6.45) is 0.542. The van der Waals surface area contributed by atoms with Crippen molar-refractivity contribution in [1.82, 2.24) is 29.4 Å². The molecule has 3 aromatic rings. The van der Waals surface area contributed by atoms with Crippen LogP contribution in [0.5, 0.6) is 0 Å². The summed E-state index contributed by atoms with van der Waals surface area (Å²) in [7, 11) is 0. The lowest BCUT2D eigenvalue weighted by molar-refractivity contribution is -0.140. The van der Waals surface area contributed by atoms with Crippen molar-refractivity contribution in [3.63, 3.8) is 0 Å². The van der Waals surface area contributed by atoms with Crippen LogP contribution in [0.2, 0.25) is 0 Å². The zero-order valence-electron chi connectivity index (χ0n) is 17.5. The predicted octanol–water partition coefficient (Wildman–Crippen LogP) is 3.06. The number of thiazole rings is 1. The first-order chi connectivity index (χ1) is 15.5. The number of hydrogen-bond donors (Lipinski definition) is 0. The second-order valence-corrected chi connectivity index (χ2v) is 9.14. The maximum Gasteiger partial charge on any atom is 0.406 e.